The van der Waals surface area contributed by atoms with Crippen LogP contribution in [0, 0.1) is 0 Å². The number of unbranched alkanes of at least 4 members (excludes halogenated alkanes) is 1. The van der Waals surface area contributed by atoms with Crippen LogP contribution in [-0.2, 0) is 6.54 Å². The number of hydrogen-bond donors (Lipinski definition) is 2. The number of aryl methyl sites for hydroxylation is 1. The molecule has 1 aromatic carbocycles. The van der Waals surface area contributed by atoms with Gasteiger partial charge in [-0.2, -0.15) is 5.10 Å². The second-order valence-corrected chi connectivity index (χ2v) is 7.42. The molecule has 1 aromatic heterocycles. The highest BCUT2D eigenvalue weighted by molar-refractivity contribution is 14.0. The van der Waals surface area contributed by atoms with Crippen molar-refractivity contribution in [2.24, 2.45) is 4.99 Å². The third-order valence-electron chi connectivity index (χ3n) is 5.33. The first kappa shape index (κ1) is 24.5. The lowest BCUT2D eigenvalue weighted by atomic mass is 10.2. The van der Waals surface area contributed by atoms with Crippen LogP contribution in [0.5, 0.6) is 0 Å². The summed E-state index contributed by atoms with van der Waals surface area (Å²) in [6.45, 7) is 8.51. The van der Waals surface area contributed by atoms with Crippen LogP contribution in [0.1, 0.15) is 19.3 Å². The van der Waals surface area contributed by atoms with E-state index in [1.54, 1.807) is 0 Å². The molecular formula is C22H36IN7. The van der Waals surface area contributed by atoms with Crippen molar-refractivity contribution in [3.8, 4) is 0 Å². The van der Waals surface area contributed by atoms with E-state index in [0.29, 0.717) is 0 Å². The number of piperazine rings is 1. The Balaban J connectivity index is 0.00000320. The highest BCUT2D eigenvalue weighted by atomic mass is 127. The summed E-state index contributed by atoms with van der Waals surface area (Å²) in [5, 5.41) is 11.0. The fourth-order valence-corrected chi connectivity index (χ4v) is 3.64. The highest BCUT2D eigenvalue weighted by Crippen LogP contribution is 2.15. The van der Waals surface area contributed by atoms with Crippen LogP contribution < -0.4 is 15.5 Å². The van der Waals surface area contributed by atoms with Gasteiger partial charge in [-0.1, -0.05) is 18.2 Å². The zero-order valence-corrected chi connectivity index (χ0v) is 20.4. The summed E-state index contributed by atoms with van der Waals surface area (Å²) in [5.41, 5.74) is 1.35. The van der Waals surface area contributed by atoms with E-state index < -0.39 is 0 Å². The molecule has 8 heteroatoms. The Morgan fingerprint density at radius 2 is 1.67 bits per heavy atom. The predicted molar refractivity (Wildman–Crippen MR) is 136 cm³/mol. The van der Waals surface area contributed by atoms with Crippen molar-refractivity contribution in [2.45, 2.75) is 25.8 Å². The smallest absolute Gasteiger partial charge is 0.190 e. The van der Waals surface area contributed by atoms with E-state index in [2.05, 4.69) is 60.9 Å². The molecule has 3 rings (SSSR count). The van der Waals surface area contributed by atoms with E-state index in [4.69, 9.17) is 0 Å². The maximum absolute atomic E-state index is 4.30. The predicted octanol–water partition coefficient (Wildman–Crippen LogP) is 2.66. The average Bonchev–Trinajstić information content (AvgIpc) is 3.29. The zero-order chi connectivity index (χ0) is 20.2. The number of guanidine groups is 1. The maximum Gasteiger partial charge on any atom is 0.190 e. The van der Waals surface area contributed by atoms with Gasteiger partial charge in [0, 0.05) is 70.9 Å². The summed E-state index contributed by atoms with van der Waals surface area (Å²) in [4.78, 5) is 9.37. The minimum atomic E-state index is 0. The molecule has 2 N–H and O–H groups in total. The Labute approximate surface area is 197 Å². The first-order valence-corrected chi connectivity index (χ1v) is 10.8. The second kappa shape index (κ2) is 14.2. The van der Waals surface area contributed by atoms with Gasteiger partial charge in [0.25, 0.3) is 0 Å². The van der Waals surface area contributed by atoms with Crippen molar-refractivity contribution >= 4 is 35.6 Å². The molecule has 0 atom stereocenters. The zero-order valence-electron chi connectivity index (χ0n) is 18.0. The molecule has 0 bridgehead atoms. The quantitative estimate of drug-likeness (QED) is 0.216. The van der Waals surface area contributed by atoms with Gasteiger partial charge in [-0.3, -0.25) is 14.6 Å². The van der Waals surface area contributed by atoms with Gasteiger partial charge >= 0.3 is 0 Å². The summed E-state index contributed by atoms with van der Waals surface area (Å²) < 4.78 is 1.96. The van der Waals surface area contributed by atoms with Crippen LogP contribution in [-0.4, -0.2) is 73.5 Å². The topological polar surface area (TPSA) is 60.7 Å². The minimum Gasteiger partial charge on any atom is -0.369 e. The molecule has 166 valence electrons. The fourth-order valence-electron chi connectivity index (χ4n) is 3.64. The van der Waals surface area contributed by atoms with Gasteiger partial charge in [-0.05, 0) is 44.0 Å². The Kier molecular flexibility index (Phi) is 11.6. The lowest BCUT2D eigenvalue weighted by Crippen LogP contribution is -2.46. The van der Waals surface area contributed by atoms with E-state index in [0.717, 1.165) is 64.6 Å². The third kappa shape index (κ3) is 8.51. The lowest BCUT2D eigenvalue weighted by Gasteiger charge is -2.36. The van der Waals surface area contributed by atoms with Gasteiger partial charge in [0.1, 0.15) is 0 Å². The van der Waals surface area contributed by atoms with Crippen LogP contribution in [0.15, 0.2) is 53.8 Å². The van der Waals surface area contributed by atoms with Gasteiger partial charge in [0.15, 0.2) is 5.96 Å². The molecule has 1 aliphatic rings. The molecule has 1 saturated heterocycles. The van der Waals surface area contributed by atoms with Crippen molar-refractivity contribution in [1.29, 1.82) is 0 Å². The largest absolute Gasteiger partial charge is 0.369 e. The third-order valence-corrected chi connectivity index (χ3v) is 5.33. The maximum atomic E-state index is 4.30. The molecule has 0 amide bonds. The van der Waals surface area contributed by atoms with Crippen molar-refractivity contribution < 1.29 is 0 Å². The Morgan fingerprint density at radius 1 is 0.933 bits per heavy atom. The second-order valence-electron chi connectivity index (χ2n) is 7.42. The molecule has 1 fully saturated rings. The standard InChI is InChI=1S/C22H35N7.HI/c1-23-22(25-12-7-15-29-16-8-13-26-29)24-11-5-6-14-27-17-19-28(20-18-27)21-9-3-2-4-10-21;/h2-4,8-10,13,16H,5-7,11-12,14-15,17-20H2,1H3,(H2,23,24,25);1H. The number of para-hydroxylation sites is 1. The Morgan fingerprint density at radius 3 is 2.33 bits per heavy atom. The number of halogens is 1. The van der Waals surface area contributed by atoms with E-state index in [1.807, 2.05) is 30.2 Å². The molecule has 2 heterocycles. The molecule has 0 spiro atoms. The van der Waals surface area contributed by atoms with E-state index in [-0.39, 0.29) is 24.0 Å². The summed E-state index contributed by atoms with van der Waals surface area (Å²) >= 11 is 0. The molecule has 0 radical (unpaired) electrons. The number of nitrogens with zero attached hydrogens (tertiary/aromatic N) is 5. The van der Waals surface area contributed by atoms with Gasteiger partial charge in [-0.25, -0.2) is 0 Å². The molecule has 1 aliphatic heterocycles. The molecular weight excluding hydrogens is 489 g/mol. The van der Waals surface area contributed by atoms with Crippen LogP contribution >= 0.6 is 24.0 Å². The number of aliphatic imine (C=N–C) groups is 1. The first-order chi connectivity index (χ1) is 14.3. The highest BCUT2D eigenvalue weighted by Gasteiger charge is 2.16. The Bertz CT molecular complexity index is 698. The summed E-state index contributed by atoms with van der Waals surface area (Å²) in [5.74, 6) is 0.891. The molecule has 2 aromatic rings. The van der Waals surface area contributed by atoms with Crippen LogP contribution in [0.2, 0.25) is 0 Å². The number of nitrogens with one attached hydrogen (secondary N) is 2. The van der Waals surface area contributed by atoms with Gasteiger partial charge in [-0.15, -0.1) is 24.0 Å². The molecule has 7 nitrogen and oxygen atoms in total. The number of hydrogen-bond acceptors (Lipinski definition) is 4. The minimum absolute atomic E-state index is 0. The number of benzene rings is 1. The monoisotopic (exact) mass is 525 g/mol. The number of aromatic nitrogens is 2. The van der Waals surface area contributed by atoms with E-state index in [1.165, 1.54) is 18.7 Å². The van der Waals surface area contributed by atoms with Crippen LogP contribution in [0.4, 0.5) is 5.69 Å². The van der Waals surface area contributed by atoms with Crippen molar-refractivity contribution in [2.75, 3.05) is 57.8 Å². The van der Waals surface area contributed by atoms with E-state index in [9.17, 15) is 0 Å². The van der Waals surface area contributed by atoms with Gasteiger partial charge < -0.3 is 15.5 Å². The van der Waals surface area contributed by atoms with Crippen molar-refractivity contribution in [1.82, 2.24) is 25.3 Å². The van der Waals surface area contributed by atoms with Gasteiger partial charge in [0.05, 0.1) is 0 Å². The summed E-state index contributed by atoms with van der Waals surface area (Å²) in [6, 6.07) is 12.7. The fraction of sp³-hybridized carbons (Fsp3) is 0.545. The van der Waals surface area contributed by atoms with Gasteiger partial charge in [0.2, 0.25) is 0 Å². The summed E-state index contributed by atoms with van der Waals surface area (Å²) in [7, 11) is 1.83. The molecule has 30 heavy (non-hydrogen) atoms. The number of anilines is 1. The normalized spacial score (nSPS) is 15.0. The van der Waals surface area contributed by atoms with Crippen molar-refractivity contribution in [3.05, 3.63) is 48.8 Å². The Hall–Kier alpha value is -1.81. The number of rotatable bonds is 10. The lowest BCUT2D eigenvalue weighted by molar-refractivity contribution is 0.253. The van der Waals surface area contributed by atoms with E-state index >= 15 is 0 Å². The average molecular weight is 525 g/mol. The first-order valence-electron chi connectivity index (χ1n) is 10.8. The van der Waals surface area contributed by atoms with Crippen LogP contribution in [0.3, 0.4) is 0 Å². The van der Waals surface area contributed by atoms with Crippen LogP contribution in [0.25, 0.3) is 0 Å². The molecule has 0 aliphatic carbocycles. The SMILES string of the molecule is CN=C(NCCCCN1CCN(c2ccccc2)CC1)NCCCn1cccn1.I. The molecule has 0 unspecified atom stereocenters. The van der Waals surface area contributed by atoms with Crippen molar-refractivity contribution in [3.63, 3.8) is 0 Å². The summed E-state index contributed by atoms with van der Waals surface area (Å²) in [6.07, 6.45) is 7.21. The molecule has 0 saturated carbocycles.